The molecule has 0 radical (unpaired) electrons. The third-order valence-corrected chi connectivity index (χ3v) is 4.41. The van der Waals surface area contributed by atoms with Crippen LogP contribution in [0.2, 0.25) is 0 Å². The molecule has 5 nitrogen and oxygen atoms in total. The Morgan fingerprint density at radius 2 is 2.08 bits per heavy atom. The summed E-state index contributed by atoms with van der Waals surface area (Å²) in [6, 6.07) is 15.3. The van der Waals surface area contributed by atoms with E-state index in [9.17, 15) is 9.18 Å². The number of carbonyl (C=O) groups excluding carboxylic acids is 1. The molecule has 3 rings (SSSR count). The molecule has 1 saturated heterocycles. The SMILES string of the molecule is O=C(C=Cc1ccc(N[C@@H]2CCN(Cc3ccccc3)C2)c(F)c1)NO. The number of anilines is 1. The monoisotopic (exact) mass is 355 g/mol. The van der Waals surface area contributed by atoms with E-state index in [4.69, 9.17) is 5.21 Å². The predicted octanol–water partition coefficient (Wildman–Crippen LogP) is 3.03. The molecule has 1 amide bonds. The second-order valence-corrected chi connectivity index (χ2v) is 6.40. The second kappa shape index (κ2) is 8.60. The van der Waals surface area contributed by atoms with Gasteiger partial charge in [0.2, 0.25) is 0 Å². The molecule has 0 bridgehead atoms. The minimum atomic E-state index is -0.655. The van der Waals surface area contributed by atoms with Crippen molar-refractivity contribution in [3.8, 4) is 0 Å². The third-order valence-electron chi connectivity index (χ3n) is 4.41. The molecule has 3 N–H and O–H groups in total. The van der Waals surface area contributed by atoms with E-state index in [1.54, 1.807) is 12.1 Å². The number of hydrogen-bond donors (Lipinski definition) is 3. The van der Waals surface area contributed by atoms with Crippen molar-refractivity contribution in [3.05, 3.63) is 71.6 Å². The number of carbonyl (C=O) groups is 1. The van der Waals surface area contributed by atoms with Gasteiger partial charge in [-0.1, -0.05) is 36.4 Å². The van der Waals surface area contributed by atoms with Crippen molar-refractivity contribution in [3.63, 3.8) is 0 Å². The molecule has 0 aromatic heterocycles. The van der Waals surface area contributed by atoms with Gasteiger partial charge >= 0.3 is 0 Å². The van der Waals surface area contributed by atoms with Crippen LogP contribution in [-0.2, 0) is 11.3 Å². The first kappa shape index (κ1) is 18.1. The molecule has 1 fully saturated rings. The van der Waals surface area contributed by atoms with Gasteiger partial charge in [0.1, 0.15) is 5.82 Å². The maximum Gasteiger partial charge on any atom is 0.267 e. The van der Waals surface area contributed by atoms with Crippen LogP contribution in [0.3, 0.4) is 0 Å². The summed E-state index contributed by atoms with van der Waals surface area (Å²) in [6.45, 7) is 2.75. The molecular formula is C20H22FN3O2. The number of amides is 1. The van der Waals surface area contributed by atoms with E-state index in [0.29, 0.717) is 11.3 Å². The lowest BCUT2D eigenvalue weighted by atomic mass is 10.1. The van der Waals surface area contributed by atoms with E-state index >= 15 is 0 Å². The number of nitrogens with zero attached hydrogens (tertiary/aromatic N) is 1. The summed E-state index contributed by atoms with van der Waals surface area (Å²) in [6.07, 6.45) is 3.54. The Kier molecular flexibility index (Phi) is 5.99. The summed E-state index contributed by atoms with van der Waals surface area (Å²) >= 11 is 0. The van der Waals surface area contributed by atoms with Gasteiger partial charge in [0.25, 0.3) is 5.91 Å². The molecule has 2 aromatic carbocycles. The Balaban J connectivity index is 1.56. The quantitative estimate of drug-likeness (QED) is 0.423. The first-order valence-corrected chi connectivity index (χ1v) is 8.58. The smallest absolute Gasteiger partial charge is 0.267 e. The number of likely N-dealkylation sites (tertiary alicyclic amines) is 1. The van der Waals surface area contributed by atoms with Crippen LogP contribution in [0.4, 0.5) is 10.1 Å². The van der Waals surface area contributed by atoms with Crippen molar-refractivity contribution >= 4 is 17.7 Å². The van der Waals surface area contributed by atoms with Gasteiger partial charge in [0.05, 0.1) is 5.69 Å². The minimum absolute atomic E-state index is 0.203. The molecule has 1 atom stereocenters. The van der Waals surface area contributed by atoms with E-state index in [1.165, 1.54) is 23.2 Å². The lowest BCUT2D eigenvalue weighted by Gasteiger charge is -2.18. The molecule has 1 aliphatic heterocycles. The van der Waals surface area contributed by atoms with Crippen LogP contribution in [0.1, 0.15) is 17.5 Å². The molecular weight excluding hydrogens is 333 g/mol. The summed E-state index contributed by atoms with van der Waals surface area (Å²) in [7, 11) is 0. The predicted molar refractivity (Wildman–Crippen MR) is 99.1 cm³/mol. The summed E-state index contributed by atoms with van der Waals surface area (Å²) < 4.78 is 14.3. The fraction of sp³-hybridized carbons (Fsp3) is 0.250. The molecule has 1 aliphatic rings. The highest BCUT2D eigenvalue weighted by atomic mass is 19.1. The standard InChI is InChI=1S/C20H22FN3O2/c21-18-12-15(7-9-20(25)23-26)6-8-19(18)22-17-10-11-24(14-17)13-16-4-2-1-3-5-16/h1-9,12,17,22,26H,10-11,13-14H2,(H,23,25)/t17-/m1/s1. The van der Waals surface area contributed by atoms with Crippen LogP contribution < -0.4 is 10.8 Å². The number of hydrogen-bond acceptors (Lipinski definition) is 4. The molecule has 6 heteroatoms. The van der Waals surface area contributed by atoms with E-state index in [2.05, 4.69) is 22.3 Å². The Bertz CT molecular complexity index is 780. The van der Waals surface area contributed by atoms with Gasteiger partial charge in [-0.3, -0.25) is 14.9 Å². The maximum atomic E-state index is 14.3. The van der Waals surface area contributed by atoms with Crippen LogP contribution in [0.15, 0.2) is 54.6 Å². The topological polar surface area (TPSA) is 64.6 Å². The highest BCUT2D eigenvalue weighted by molar-refractivity contribution is 5.90. The Labute approximate surface area is 152 Å². The Morgan fingerprint density at radius 1 is 1.27 bits per heavy atom. The fourth-order valence-electron chi connectivity index (χ4n) is 3.12. The van der Waals surface area contributed by atoms with Crippen molar-refractivity contribution in [1.82, 2.24) is 10.4 Å². The van der Waals surface area contributed by atoms with Gasteiger partial charge in [-0.25, -0.2) is 9.87 Å². The molecule has 0 aliphatic carbocycles. The summed E-state index contributed by atoms with van der Waals surface area (Å²) in [5.41, 5.74) is 3.78. The summed E-state index contributed by atoms with van der Waals surface area (Å²) in [4.78, 5) is 13.3. The third kappa shape index (κ3) is 4.91. The van der Waals surface area contributed by atoms with Crippen molar-refractivity contribution in [2.45, 2.75) is 19.0 Å². The highest BCUT2D eigenvalue weighted by Crippen LogP contribution is 2.21. The molecule has 0 unspecified atom stereocenters. The van der Waals surface area contributed by atoms with Crippen molar-refractivity contribution in [1.29, 1.82) is 0 Å². The molecule has 26 heavy (non-hydrogen) atoms. The molecule has 2 aromatic rings. The zero-order valence-electron chi connectivity index (χ0n) is 14.4. The van der Waals surface area contributed by atoms with Gasteiger partial charge in [0.15, 0.2) is 0 Å². The van der Waals surface area contributed by atoms with Gasteiger partial charge in [-0.05, 0) is 35.8 Å². The number of halogens is 1. The van der Waals surface area contributed by atoms with Gasteiger partial charge in [0, 0.05) is 31.8 Å². The van der Waals surface area contributed by atoms with Crippen LogP contribution in [0, 0.1) is 5.82 Å². The van der Waals surface area contributed by atoms with E-state index in [0.717, 1.165) is 32.1 Å². The van der Waals surface area contributed by atoms with Gasteiger partial charge in [-0.2, -0.15) is 0 Å². The van der Waals surface area contributed by atoms with Gasteiger partial charge < -0.3 is 5.32 Å². The first-order chi connectivity index (χ1) is 12.6. The Hall–Kier alpha value is -2.70. The molecule has 0 spiro atoms. The number of rotatable bonds is 6. The van der Waals surface area contributed by atoms with Crippen LogP contribution in [0.5, 0.6) is 0 Å². The number of nitrogens with one attached hydrogen (secondary N) is 2. The largest absolute Gasteiger partial charge is 0.379 e. The number of benzene rings is 2. The summed E-state index contributed by atoms with van der Waals surface area (Å²) in [5.74, 6) is -1.02. The molecule has 0 saturated carbocycles. The zero-order chi connectivity index (χ0) is 18.4. The highest BCUT2D eigenvalue weighted by Gasteiger charge is 2.23. The van der Waals surface area contributed by atoms with E-state index in [-0.39, 0.29) is 11.9 Å². The van der Waals surface area contributed by atoms with Crippen LogP contribution >= 0.6 is 0 Å². The summed E-state index contributed by atoms with van der Waals surface area (Å²) in [5, 5.41) is 11.7. The Morgan fingerprint density at radius 3 is 2.81 bits per heavy atom. The maximum absolute atomic E-state index is 14.3. The first-order valence-electron chi connectivity index (χ1n) is 8.58. The normalized spacial score (nSPS) is 17.5. The number of hydroxylamine groups is 1. The molecule has 1 heterocycles. The lowest BCUT2D eigenvalue weighted by molar-refractivity contribution is -0.124. The molecule has 136 valence electrons. The van der Waals surface area contributed by atoms with Gasteiger partial charge in [-0.15, -0.1) is 0 Å². The van der Waals surface area contributed by atoms with Crippen molar-refractivity contribution < 1.29 is 14.4 Å². The minimum Gasteiger partial charge on any atom is -0.379 e. The van der Waals surface area contributed by atoms with Crippen LogP contribution in [0.25, 0.3) is 6.08 Å². The average molecular weight is 355 g/mol. The van der Waals surface area contributed by atoms with Crippen molar-refractivity contribution in [2.24, 2.45) is 0 Å². The second-order valence-electron chi connectivity index (χ2n) is 6.40. The zero-order valence-corrected chi connectivity index (χ0v) is 14.4. The van der Waals surface area contributed by atoms with Crippen LogP contribution in [-0.4, -0.2) is 35.1 Å². The lowest BCUT2D eigenvalue weighted by Crippen LogP contribution is -2.26. The average Bonchev–Trinajstić information content (AvgIpc) is 3.09. The fourth-order valence-corrected chi connectivity index (χ4v) is 3.12. The van der Waals surface area contributed by atoms with E-state index in [1.807, 2.05) is 18.2 Å². The van der Waals surface area contributed by atoms with E-state index < -0.39 is 5.91 Å². The van der Waals surface area contributed by atoms with Crippen molar-refractivity contribution in [2.75, 3.05) is 18.4 Å².